The van der Waals surface area contributed by atoms with E-state index in [0.717, 1.165) is 35.3 Å². The Balaban J connectivity index is 1.52. The summed E-state index contributed by atoms with van der Waals surface area (Å²) in [5.41, 5.74) is 3.32. The van der Waals surface area contributed by atoms with Crippen LogP contribution in [0, 0.1) is 10.1 Å². The highest BCUT2D eigenvalue weighted by atomic mass is 16.6. The first-order chi connectivity index (χ1) is 13.5. The largest absolute Gasteiger partial charge is 0.489 e. The molecule has 28 heavy (non-hydrogen) atoms. The van der Waals surface area contributed by atoms with Crippen LogP contribution >= 0.6 is 0 Å². The molecule has 0 fully saturated rings. The lowest BCUT2D eigenvalue weighted by Crippen LogP contribution is -1.99. The Kier molecular flexibility index (Phi) is 6.01. The third kappa shape index (κ3) is 5.17. The zero-order valence-corrected chi connectivity index (χ0v) is 15.1. The van der Waals surface area contributed by atoms with Gasteiger partial charge in [0.05, 0.1) is 10.5 Å². The van der Waals surface area contributed by atoms with Gasteiger partial charge in [-0.1, -0.05) is 24.3 Å². The standard InChI is InChI=1S/C22H19NO5/c24-22(25)19-3-1-2-17(14-19)5-4-16-8-12-21(13-9-16)28-15-18-6-10-20(11-7-18)23(26)27/h1-3,6-14H,4-5,15H2,(H,24,25). The fourth-order valence-corrected chi connectivity index (χ4v) is 2.78. The molecular weight excluding hydrogens is 358 g/mol. The van der Waals surface area contributed by atoms with E-state index in [9.17, 15) is 14.9 Å². The van der Waals surface area contributed by atoms with Crippen molar-refractivity contribution in [3.8, 4) is 5.75 Å². The molecule has 0 aliphatic heterocycles. The number of benzene rings is 3. The van der Waals surface area contributed by atoms with Crippen molar-refractivity contribution in [2.45, 2.75) is 19.4 Å². The molecule has 3 rings (SSSR count). The van der Waals surface area contributed by atoms with E-state index >= 15 is 0 Å². The van der Waals surface area contributed by atoms with Gasteiger partial charge in [0.2, 0.25) is 0 Å². The average Bonchev–Trinajstić information content (AvgIpc) is 2.72. The Morgan fingerprint density at radius 3 is 2.18 bits per heavy atom. The molecule has 0 unspecified atom stereocenters. The molecule has 0 atom stereocenters. The van der Waals surface area contributed by atoms with Crippen molar-refractivity contribution in [2.24, 2.45) is 0 Å². The highest BCUT2D eigenvalue weighted by Gasteiger charge is 2.05. The summed E-state index contributed by atoms with van der Waals surface area (Å²) in [6.07, 6.45) is 1.55. The number of hydrogen-bond donors (Lipinski definition) is 1. The molecule has 3 aromatic rings. The third-order valence-corrected chi connectivity index (χ3v) is 4.35. The number of hydrogen-bond acceptors (Lipinski definition) is 4. The number of nitrogens with zero attached hydrogens (tertiary/aromatic N) is 1. The van der Waals surface area contributed by atoms with E-state index in [1.807, 2.05) is 30.3 Å². The van der Waals surface area contributed by atoms with E-state index in [4.69, 9.17) is 9.84 Å². The minimum Gasteiger partial charge on any atom is -0.489 e. The minimum absolute atomic E-state index is 0.0574. The first-order valence-electron chi connectivity index (χ1n) is 8.78. The van der Waals surface area contributed by atoms with Crippen molar-refractivity contribution in [3.63, 3.8) is 0 Å². The quantitative estimate of drug-likeness (QED) is 0.456. The molecule has 0 bridgehead atoms. The number of aryl methyl sites for hydroxylation is 2. The summed E-state index contributed by atoms with van der Waals surface area (Å²) >= 11 is 0. The molecule has 6 nitrogen and oxygen atoms in total. The van der Waals surface area contributed by atoms with Gasteiger partial charge in [-0.3, -0.25) is 10.1 Å². The van der Waals surface area contributed by atoms with Gasteiger partial charge in [-0.2, -0.15) is 0 Å². The van der Waals surface area contributed by atoms with Crippen LogP contribution in [0.5, 0.6) is 5.75 Å². The highest BCUT2D eigenvalue weighted by molar-refractivity contribution is 5.87. The first kappa shape index (κ1) is 19.1. The molecule has 0 saturated carbocycles. The molecule has 6 heteroatoms. The highest BCUT2D eigenvalue weighted by Crippen LogP contribution is 2.18. The summed E-state index contributed by atoms with van der Waals surface area (Å²) in [7, 11) is 0. The number of carboxylic acid groups (broad SMARTS) is 1. The molecule has 0 spiro atoms. The maximum absolute atomic E-state index is 11.0. The molecule has 0 saturated heterocycles. The molecule has 0 amide bonds. The van der Waals surface area contributed by atoms with Gasteiger partial charge in [0.25, 0.3) is 5.69 Å². The van der Waals surface area contributed by atoms with Gasteiger partial charge in [-0.15, -0.1) is 0 Å². The summed E-state index contributed by atoms with van der Waals surface area (Å²) < 4.78 is 5.72. The van der Waals surface area contributed by atoms with Crippen molar-refractivity contribution in [1.82, 2.24) is 0 Å². The Hall–Kier alpha value is -3.67. The van der Waals surface area contributed by atoms with Gasteiger partial charge in [-0.05, 0) is 65.9 Å². The fraction of sp³-hybridized carbons (Fsp3) is 0.136. The number of nitro groups is 1. The number of ether oxygens (including phenoxy) is 1. The summed E-state index contributed by atoms with van der Waals surface area (Å²) in [5.74, 6) is -0.202. The van der Waals surface area contributed by atoms with E-state index in [2.05, 4.69) is 0 Å². The second kappa shape index (κ2) is 8.81. The summed E-state index contributed by atoms with van der Waals surface area (Å²) in [5, 5.41) is 19.7. The van der Waals surface area contributed by atoms with Gasteiger partial charge in [0.1, 0.15) is 12.4 Å². The van der Waals surface area contributed by atoms with Gasteiger partial charge >= 0.3 is 5.97 Å². The number of rotatable bonds is 8. The van der Waals surface area contributed by atoms with Crippen molar-refractivity contribution in [1.29, 1.82) is 0 Å². The summed E-state index contributed by atoms with van der Waals surface area (Å²) in [6.45, 7) is 0.333. The van der Waals surface area contributed by atoms with Crippen LogP contribution in [-0.2, 0) is 19.4 Å². The van der Waals surface area contributed by atoms with Crippen LogP contribution in [-0.4, -0.2) is 16.0 Å². The summed E-state index contributed by atoms with van der Waals surface area (Å²) in [4.78, 5) is 21.3. The van der Waals surface area contributed by atoms with Gasteiger partial charge in [0.15, 0.2) is 0 Å². The maximum Gasteiger partial charge on any atom is 0.335 e. The average molecular weight is 377 g/mol. The van der Waals surface area contributed by atoms with Crippen LogP contribution in [0.1, 0.15) is 27.0 Å². The van der Waals surface area contributed by atoms with E-state index < -0.39 is 10.9 Å². The summed E-state index contributed by atoms with van der Waals surface area (Å²) in [6, 6.07) is 21.0. The maximum atomic E-state index is 11.0. The molecule has 142 valence electrons. The second-order valence-electron chi connectivity index (χ2n) is 6.36. The molecule has 1 N–H and O–H groups in total. The number of aromatic carboxylic acids is 1. The third-order valence-electron chi connectivity index (χ3n) is 4.35. The van der Waals surface area contributed by atoms with Gasteiger partial charge < -0.3 is 9.84 Å². The molecular formula is C22H19NO5. The molecule has 0 aliphatic rings. The minimum atomic E-state index is -0.920. The molecule has 0 aromatic heterocycles. The lowest BCUT2D eigenvalue weighted by atomic mass is 10.0. The Labute approximate surface area is 162 Å². The smallest absolute Gasteiger partial charge is 0.335 e. The van der Waals surface area contributed by atoms with Crippen molar-refractivity contribution < 1.29 is 19.6 Å². The monoisotopic (exact) mass is 377 g/mol. The van der Waals surface area contributed by atoms with Gasteiger partial charge in [0, 0.05) is 12.1 Å². The predicted octanol–water partition coefficient (Wildman–Crippen LogP) is 4.66. The molecule has 3 aromatic carbocycles. The number of non-ortho nitro benzene ring substituents is 1. The lowest BCUT2D eigenvalue weighted by Gasteiger charge is -2.08. The van der Waals surface area contributed by atoms with Crippen LogP contribution in [0.15, 0.2) is 72.8 Å². The second-order valence-corrected chi connectivity index (χ2v) is 6.36. The molecule has 0 heterocycles. The van der Waals surface area contributed by atoms with Crippen LogP contribution in [0.3, 0.4) is 0 Å². The normalized spacial score (nSPS) is 10.4. The fourth-order valence-electron chi connectivity index (χ4n) is 2.78. The zero-order valence-electron chi connectivity index (χ0n) is 15.1. The van der Waals surface area contributed by atoms with Crippen LogP contribution in [0.25, 0.3) is 0 Å². The van der Waals surface area contributed by atoms with E-state index in [1.54, 1.807) is 30.3 Å². The zero-order chi connectivity index (χ0) is 19.9. The van der Waals surface area contributed by atoms with Crippen molar-refractivity contribution in [3.05, 3.63) is 105 Å². The lowest BCUT2D eigenvalue weighted by molar-refractivity contribution is -0.384. The number of nitro benzene ring substituents is 1. The SMILES string of the molecule is O=C(O)c1cccc(CCc2ccc(OCc3ccc([N+](=O)[O-])cc3)cc2)c1. The van der Waals surface area contributed by atoms with Crippen molar-refractivity contribution >= 4 is 11.7 Å². The van der Waals surface area contributed by atoms with Crippen LogP contribution in [0.4, 0.5) is 5.69 Å². The Morgan fingerprint density at radius 2 is 1.54 bits per heavy atom. The number of carbonyl (C=O) groups is 1. The van der Waals surface area contributed by atoms with Crippen molar-refractivity contribution in [2.75, 3.05) is 0 Å². The van der Waals surface area contributed by atoms with Crippen LogP contribution in [0.2, 0.25) is 0 Å². The van der Waals surface area contributed by atoms with E-state index in [1.165, 1.54) is 12.1 Å². The Morgan fingerprint density at radius 1 is 0.893 bits per heavy atom. The molecule has 0 radical (unpaired) electrons. The number of carboxylic acids is 1. The topological polar surface area (TPSA) is 89.7 Å². The predicted molar refractivity (Wildman–Crippen MR) is 105 cm³/mol. The van der Waals surface area contributed by atoms with E-state index in [-0.39, 0.29) is 5.69 Å². The van der Waals surface area contributed by atoms with Gasteiger partial charge in [-0.25, -0.2) is 4.79 Å². The van der Waals surface area contributed by atoms with Crippen LogP contribution < -0.4 is 4.74 Å². The molecule has 0 aliphatic carbocycles. The van der Waals surface area contributed by atoms with E-state index in [0.29, 0.717) is 12.2 Å². The first-order valence-corrected chi connectivity index (χ1v) is 8.78. The Bertz CT molecular complexity index is 965.